The average molecular weight is 321 g/mol. The maximum atomic E-state index is 11.7. The van der Waals surface area contributed by atoms with E-state index in [1.807, 2.05) is 0 Å². The summed E-state index contributed by atoms with van der Waals surface area (Å²) >= 11 is 5.84. The van der Waals surface area contributed by atoms with E-state index in [9.17, 15) is 18.0 Å². The van der Waals surface area contributed by atoms with E-state index >= 15 is 0 Å². The van der Waals surface area contributed by atoms with Crippen LogP contribution in [0.15, 0.2) is 18.2 Å². The van der Waals surface area contributed by atoms with Crippen molar-refractivity contribution in [3.63, 3.8) is 0 Å². The summed E-state index contributed by atoms with van der Waals surface area (Å²) in [5.41, 5.74) is 5.14. The average Bonchev–Trinajstić information content (AvgIpc) is 2.32. The number of halogens is 1. The van der Waals surface area contributed by atoms with Crippen molar-refractivity contribution in [2.75, 3.05) is 24.2 Å². The predicted octanol–water partition coefficient (Wildman–Crippen LogP) is 0.378. The molecule has 1 rings (SSSR count). The van der Waals surface area contributed by atoms with Crippen LogP contribution in [0.1, 0.15) is 10.4 Å². The molecule has 0 unspecified atom stereocenters. The first-order valence-electron chi connectivity index (χ1n) is 5.30. The van der Waals surface area contributed by atoms with Crippen LogP contribution in [-0.2, 0) is 19.6 Å². The Hall–Kier alpha value is -1.80. The van der Waals surface area contributed by atoms with Gasteiger partial charge in [-0.2, -0.15) is 0 Å². The van der Waals surface area contributed by atoms with Crippen LogP contribution in [0.2, 0.25) is 5.02 Å². The zero-order valence-electron chi connectivity index (χ0n) is 10.8. The van der Waals surface area contributed by atoms with Gasteiger partial charge in [0.25, 0.3) is 0 Å². The lowest BCUT2D eigenvalue weighted by Crippen LogP contribution is -2.38. The molecule has 20 heavy (non-hydrogen) atoms. The zero-order chi connectivity index (χ0) is 15.5. The molecule has 110 valence electrons. The fraction of sp³-hybridized carbons (Fsp3) is 0.273. The van der Waals surface area contributed by atoms with Gasteiger partial charge in [0.15, 0.2) is 0 Å². The van der Waals surface area contributed by atoms with Crippen molar-refractivity contribution < 1.29 is 22.7 Å². The van der Waals surface area contributed by atoms with E-state index in [4.69, 9.17) is 17.3 Å². The zero-order valence-corrected chi connectivity index (χ0v) is 12.4. The number of esters is 1. The Labute approximate surface area is 121 Å². The molecular formula is C11H13ClN2O5S. The highest BCUT2D eigenvalue weighted by Crippen LogP contribution is 2.24. The number of rotatable bonds is 5. The quantitative estimate of drug-likeness (QED) is 0.789. The molecule has 0 atom stereocenters. The second-order valence-electron chi connectivity index (χ2n) is 3.93. The van der Waals surface area contributed by atoms with Crippen LogP contribution in [0.25, 0.3) is 0 Å². The molecule has 0 saturated carbocycles. The fourth-order valence-corrected chi connectivity index (χ4v) is 2.57. The van der Waals surface area contributed by atoms with Gasteiger partial charge in [-0.1, -0.05) is 11.6 Å². The number of carbonyl (C=O) groups excluding carboxylic acids is 2. The first-order chi connectivity index (χ1) is 9.15. The number of methoxy groups -OCH3 is 1. The third-order valence-electron chi connectivity index (χ3n) is 2.29. The number of nitrogens with zero attached hydrogens (tertiary/aromatic N) is 1. The SMILES string of the molecule is COC(=O)c1cc(Cl)cc(N(CC(N)=O)S(C)(=O)=O)c1. The maximum Gasteiger partial charge on any atom is 0.337 e. The van der Waals surface area contributed by atoms with Gasteiger partial charge in [0.05, 0.1) is 24.6 Å². The van der Waals surface area contributed by atoms with Gasteiger partial charge < -0.3 is 10.5 Å². The fourth-order valence-electron chi connectivity index (χ4n) is 1.50. The molecule has 0 fully saturated rings. The van der Waals surface area contributed by atoms with E-state index in [0.29, 0.717) is 0 Å². The van der Waals surface area contributed by atoms with Crippen LogP contribution in [0.3, 0.4) is 0 Å². The van der Waals surface area contributed by atoms with Crippen LogP contribution >= 0.6 is 11.6 Å². The molecule has 0 aliphatic carbocycles. The molecule has 1 aromatic rings. The van der Waals surface area contributed by atoms with E-state index in [2.05, 4.69) is 4.74 Å². The van der Waals surface area contributed by atoms with Crippen molar-refractivity contribution in [1.82, 2.24) is 0 Å². The van der Waals surface area contributed by atoms with E-state index in [1.165, 1.54) is 25.3 Å². The summed E-state index contributed by atoms with van der Waals surface area (Å²) in [6.45, 7) is -0.556. The summed E-state index contributed by atoms with van der Waals surface area (Å²) < 4.78 is 28.7. The van der Waals surface area contributed by atoms with Crippen molar-refractivity contribution in [1.29, 1.82) is 0 Å². The molecule has 7 nitrogen and oxygen atoms in total. The third kappa shape index (κ3) is 4.10. The normalized spacial score (nSPS) is 10.9. The Morgan fingerprint density at radius 1 is 1.35 bits per heavy atom. The number of hydrogen-bond donors (Lipinski definition) is 1. The monoisotopic (exact) mass is 320 g/mol. The Balaban J connectivity index is 3.37. The highest BCUT2D eigenvalue weighted by Gasteiger charge is 2.21. The number of carbonyl (C=O) groups is 2. The lowest BCUT2D eigenvalue weighted by molar-refractivity contribution is -0.116. The Bertz CT molecular complexity index is 644. The maximum absolute atomic E-state index is 11.7. The van der Waals surface area contributed by atoms with Gasteiger partial charge in [0.2, 0.25) is 15.9 Å². The molecule has 0 aromatic heterocycles. The standard InChI is InChI=1S/C11H13ClN2O5S/c1-19-11(16)7-3-8(12)5-9(4-7)14(6-10(13)15)20(2,17)18/h3-5H,6H2,1-2H3,(H2,13,15). The van der Waals surface area contributed by atoms with Crippen molar-refractivity contribution in [3.8, 4) is 0 Å². The van der Waals surface area contributed by atoms with Crippen molar-refractivity contribution in [3.05, 3.63) is 28.8 Å². The van der Waals surface area contributed by atoms with Gasteiger partial charge in [-0.15, -0.1) is 0 Å². The summed E-state index contributed by atoms with van der Waals surface area (Å²) in [6, 6.07) is 3.88. The summed E-state index contributed by atoms with van der Waals surface area (Å²) in [5, 5.41) is 0.126. The summed E-state index contributed by atoms with van der Waals surface area (Å²) in [6.07, 6.45) is 0.911. The van der Waals surface area contributed by atoms with E-state index in [0.717, 1.165) is 10.6 Å². The topological polar surface area (TPSA) is 107 Å². The minimum atomic E-state index is -3.76. The number of ether oxygens (including phenoxy) is 1. The molecule has 0 heterocycles. The molecule has 0 radical (unpaired) electrons. The van der Waals surface area contributed by atoms with E-state index in [-0.39, 0.29) is 16.3 Å². The minimum Gasteiger partial charge on any atom is -0.465 e. The summed E-state index contributed by atoms with van der Waals surface area (Å²) in [5.74, 6) is -1.52. The first kappa shape index (κ1) is 16.3. The number of anilines is 1. The van der Waals surface area contributed by atoms with Crippen LogP contribution < -0.4 is 10.0 Å². The van der Waals surface area contributed by atoms with Crippen LogP contribution in [0, 0.1) is 0 Å². The number of benzene rings is 1. The smallest absolute Gasteiger partial charge is 0.337 e. The first-order valence-corrected chi connectivity index (χ1v) is 7.52. The second kappa shape index (κ2) is 6.10. The Morgan fingerprint density at radius 2 is 1.95 bits per heavy atom. The number of hydrogen-bond acceptors (Lipinski definition) is 5. The Morgan fingerprint density at radius 3 is 2.40 bits per heavy atom. The van der Waals surface area contributed by atoms with E-state index < -0.39 is 28.4 Å². The lowest BCUT2D eigenvalue weighted by atomic mass is 10.2. The molecule has 0 bridgehead atoms. The van der Waals surface area contributed by atoms with Crippen molar-refractivity contribution in [2.24, 2.45) is 5.73 Å². The molecule has 1 amide bonds. The summed E-state index contributed by atoms with van der Waals surface area (Å²) in [7, 11) is -2.58. The molecule has 2 N–H and O–H groups in total. The van der Waals surface area contributed by atoms with Crippen molar-refractivity contribution >= 4 is 39.2 Å². The van der Waals surface area contributed by atoms with Crippen LogP contribution in [-0.4, -0.2) is 40.2 Å². The van der Waals surface area contributed by atoms with Gasteiger partial charge in [-0.25, -0.2) is 13.2 Å². The number of primary amides is 1. The van der Waals surface area contributed by atoms with Gasteiger partial charge in [-0.05, 0) is 18.2 Å². The van der Waals surface area contributed by atoms with E-state index in [1.54, 1.807) is 0 Å². The van der Waals surface area contributed by atoms with Gasteiger partial charge in [-0.3, -0.25) is 9.10 Å². The minimum absolute atomic E-state index is 0.0548. The summed E-state index contributed by atoms with van der Waals surface area (Å²) in [4.78, 5) is 22.5. The third-order valence-corrected chi connectivity index (χ3v) is 3.65. The molecule has 1 aromatic carbocycles. The second-order valence-corrected chi connectivity index (χ2v) is 6.27. The molecule has 9 heteroatoms. The number of amides is 1. The number of nitrogens with two attached hydrogens (primary N) is 1. The van der Waals surface area contributed by atoms with Gasteiger partial charge in [0, 0.05) is 5.02 Å². The highest BCUT2D eigenvalue weighted by atomic mass is 35.5. The number of sulfonamides is 1. The van der Waals surface area contributed by atoms with Crippen molar-refractivity contribution in [2.45, 2.75) is 0 Å². The molecule has 0 aliphatic rings. The van der Waals surface area contributed by atoms with Crippen LogP contribution in [0.4, 0.5) is 5.69 Å². The molecule has 0 spiro atoms. The molecule has 0 aliphatic heterocycles. The predicted molar refractivity (Wildman–Crippen MR) is 74.2 cm³/mol. The van der Waals surface area contributed by atoms with Gasteiger partial charge >= 0.3 is 5.97 Å². The molecule has 0 saturated heterocycles. The van der Waals surface area contributed by atoms with Crippen LogP contribution in [0.5, 0.6) is 0 Å². The highest BCUT2D eigenvalue weighted by molar-refractivity contribution is 7.92. The van der Waals surface area contributed by atoms with Gasteiger partial charge in [0.1, 0.15) is 6.54 Å². The molecular weight excluding hydrogens is 308 g/mol. The largest absolute Gasteiger partial charge is 0.465 e. The Kier molecular flexibility index (Phi) is 4.96. The lowest BCUT2D eigenvalue weighted by Gasteiger charge is -2.21.